The fourth-order valence-corrected chi connectivity index (χ4v) is 3.90. The summed E-state index contributed by atoms with van der Waals surface area (Å²) in [6.07, 6.45) is 1.60. The molecule has 8 heteroatoms. The summed E-state index contributed by atoms with van der Waals surface area (Å²) in [6.45, 7) is 0.177. The molecular formula is C25H20Cl2O6. The molecule has 6 nitrogen and oxygen atoms in total. The maximum absolute atomic E-state index is 12.9. The molecule has 3 aromatic rings. The van der Waals surface area contributed by atoms with Crippen LogP contribution in [0.25, 0.3) is 6.08 Å². The van der Waals surface area contributed by atoms with E-state index in [9.17, 15) is 4.79 Å². The van der Waals surface area contributed by atoms with Crippen molar-refractivity contribution >= 4 is 35.1 Å². The van der Waals surface area contributed by atoms with Crippen LogP contribution in [-0.4, -0.2) is 27.1 Å². The molecule has 4 rings (SSSR count). The Balaban J connectivity index is 1.58. The Morgan fingerprint density at radius 1 is 0.879 bits per heavy atom. The molecule has 0 atom stereocenters. The maximum atomic E-state index is 12.9. The SMILES string of the molecule is COc1cc(OC)c(OC)cc1/C=C1\Oc2cc(OCc3c(Cl)cccc3Cl)ccc2C1=O. The number of carbonyl (C=O) groups excluding carboxylic acids is 1. The standard InChI is InChI=1S/C25H20Cl2O6/c1-29-20-12-23(31-3)22(30-2)9-14(20)10-24-25(28)16-8-7-15(11-21(16)33-24)32-13-17-18(26)5-4-6-19(17)27/h4-12H,13H2,1-3H3/b24-10-. The van der Waals surface area contributed by atoms with Crippen LogP contribution in [0.15, 0.2) is 54.3 Å². The number of fused-ring (bicyclic) bond motifs is 1. The summed E-state index contributed by atoms with van der Waals surface area (Å²) in [4.78, 5) is 12.9. The van der Waals surface area contributed by atoms with Crippen molar-refractivity contribution in [3.8, 4) is 28.7 Å². The van der Waals surface area contributed by atoms with Crippen LogP contribution in [0.2, 0.25) is 10.0 Å². The van der Waals surface area contributed by atoms with Crippen LogP contribution in [0.3, 0.4) is 0 Å². The van der Waals surface area contributed by atoms with Crippen LogP contribution in [0.1, 0.15) is 21.5 Å². The number of hydrogen-bond donors (Lipinski definition) is 0. The first kappa shape index (κ1) is 22.8. The molecule has 0 spiro atoms. The lowest BCUT2D eigenvalue weighted by Crippen LogP contribution is -2.00. The molecule has 0 amide bonds. The Labute approximate surface area is 201 Å². The van der Waals surface area contributed by atoms with Gasteiger partial charge in [0.2, 0.25) is 5.78 Å². The van der Waals surface area contributed by atoms with Gasteiger partial charge >= 0.3 is 0 Å². The van der Waals surface area contributed by atoms with E-state index in [1.54, 1.807) is 54.6 Å². The van der Waals surface area contributed by atoms with E-state index in [4.69, 9.17) is 46.9 Å². The predicted octanol–water partition coefficient (Wildman–Crippen LogP) is 6.21. The Morgan fingerprint density at radius 3 is 2.21 bits per heavy atom. The highest BCUT2D eigenvalue weighted by atomic mass is 35.5. The van der Waals surface area contributed by atoms with Crippen LogP contribution in [-0.2, 0) is 6.61 Å². The van der Waals surface area contributed by atoms with E-state index in [0.717, 1.165) is 0 Å². The van der Waals surface area contributed by atoms with Crippen LogP contribution in [0.4, 0.5) is 0 Å². The maximum Gasteiger partial charge on any atom is 0.231 e. The second-order valence-electron chi connectivity index (χ2n) is 7.04. The highest BCUT2D eigenvalue weighted by Gasteiger charge is 2.28. The Hall–Kier alpha value is -3.35. The van der Waals surface area contributed by atoms with E-state index >= 15 is 0 Å². The average molecular weight is 487 g/mol. The van der Waals surface area contributed by atoms with Gasteiger partial charge in [-0.3, -0.25) is 4.79 Å². The summed E-state index contributed by atoms with van der Waals surface area (Å²) in [5.74, 6) is 2.34. The van der Waals surface area contributed by atoms with Gasteiger partial charge in [-0.1, -0.05) is 29.3 Å². The monoisotopic (exact) mass is 486 g/mol. The molecule has 0 aromatic heterocycles. The summed E-state index contributed by atoms with van der Waals surface area (Å²) in [6, 6.07) is 13.7. The predicted molar refractivity (Wildman–Crippen MR) is 126 cm³/mol. The van der Waals surface area contributed by atoms with Gasteiger partial charge in [0.1, 0.15) is 23.9 Å². The van der Waals surface area contributed by atoms with Gasteiger partial charge < -0.3 is 23.7 Å². The first-order valence-electron chi connectivity index (χ1n) is 9.89. The fraction of sp³-hybridized carbons (Fsp3) is 0.160. The largest absolute Gasteiger partial charge is 0.496 e. The molecule has 0 fully saturated rings. The van der Waals surface area contributed by atoms with Gasteiger partial charge in [0.25, 0.3) is 0 Å². The lowest BCUT2D eigenvalue weighted by molar-refractivity contribution is 0.101. The van der Waals surface area contributed by atoms with Crippen molar-refractivity contribution in [2.45, 2.75) is 6.61 Å². The van der Waals surface area contributed by atoms with Gasteiger partial charge in [-0.15, -0.1) is 0 Å². The van der Waals surface area contributed by atoms with Crippen molar-refractivity contribution in [1.29, 1.82) is 0 Å². The minimum Gasteiger partial charge on any atom is -0.496 e. The van der Waals surface area contributed by atoms with Gasteiger partial charge in [-0.05, 0) is 36.4 Å². The smallest absolute Gasteiger partial charge is 0.231 e. The molecule has 0 unspecified atom stereocenters. The highest BCUT2D eigenvalue weighted by Crippen LogP contribution is 2.39. The minimum atomic E-state index is -0.248. The Bertz CT molecular complexity index is 1230. The molecule has 33 heavy (non-hydrogen) atoms. The summed E-state index contributed by atoms with van der Waals surface area (Å²) in [7, 11) is 4.60. The van der Waals surface area contributed by atoms with Crippen LogP contribution in [0.5, 0.6) is 28.7 Å². The topological polar surface area (TPSA) is 63.2 Å². The molecule has 0 N–H and O–H groups in total. The zero-order valence-electron chi connectivity index (χ0n) is 18.1. The zero-order chi connectivity index (χ0) is 23.5. The van der Waals surface area contributed by atoms with Crippen molar-refractivity contribution in [2.75, 3.05) is 21.3 Å². The van der Waals surface area contributed by atoms with Gasteiger partial charge in [-0.25, -0.2) is 0 Å². The molecule has 0 aliphatic carbocycles. The van der Waals surface area contributed by atoms with Crippen molar-refractivity contribution < 1.29 is 28.5 Å². The molecule has 1 aliphatic heterocycles. The number of ketones is 1. The van der Waals surface area contributed by atoms with E-state index in [2.05, 4.69) is 0 Å². The second kappa shape index (κ2) is 9.65. The van der Waals surface area contributed by atoms with Crippen molar-refractivity contribution in [2.24, 2.45) is 0 Å². The fourth-order valence-electron chi connectivity index (χ4n) is 3.39. The Morgan fingerprint density at radius 2 is 1.55 bits per heavy atom. The van der Waals surface area contributed by atoms with Gasteiger partial charge in [0.15, 0.2) is 17.3 Å². The third-order valence-electron chi connectivity index (χ3n) is 5.11. The normalized spacial score (nSPS) is 13.5. The molecule has 1 aliphatic rings. The third-order valence-corrected chi connectivity index (χ3v) is 5.82. The molecular weight excluding hydrogens is 467 g/mol. The quantitative estimate of drug-likeness (QED) is 0.369. The number of methoxy groups -OCH3 is 3. The zero-order valence-corrected chi connectivity index (χ0v) is 19.6. The molecule has 170 valence electrons. The van der Waals surface area contributed by atoms with Gasteiger partial charge in [-0.2, -0.15) is 0 Å². The number of halogens is 2. The summed E-state index contributed by atoms with van der Waals surface area (Å²) < 4.78 is 27.8. The Kier molecular flexibility index (Phi) is 6.67. The number of ether oxygens (including phenoxy) is 5. The molecule has 0 saturated carbocycles. The van der Waals surface area contributed by atoms with E-state index < -0.39 is 0 Å². The van der Waals surface area contributed by atoms with E-state index in [-0.39, 0.29) is 18.1 Å². The van der Waals surface area contributed by atoms with Crippen molar-refractivity contribution in [3.05, 3.63) is 81.0 Å². The number of rotatable bonds is 7. The molecule has 0 saturated heterocycles. The second-order valence-corrected chi connectivity index (χ2v) is 7.85. The van der Waals surface area contributed by atoms with E-state index in [1.807, 2.05) is 0 Å². The third kappa shape index (κ3) is 4.58. The number of allylic oxidation sites excluding steroid dienone is 1. The lowest BCUT2D eigenvalue weighted by Gasteiger charge is -2.12. The number of hydrogen-bond acceptors (Lipinski definition) is 6. The van der Waals surface area contributed by atoms with Gasteiger partial charge in [0, 0.05) is 33.3 Å². The molecule has 1 heterocycles. The number of Topliss-reactive ketones (excluding diaryl/α,β-unsaturated/α-hetero) is 1. The number of carbonyl (C=O) groups is 1. The van der Waals surface area contributed by atoms with E-state index in [0.29, 0.717) is 55.5 Å². The lowest BCUT2D eigenvalue weighted by atomic mass is 10.1. The van der Waals surface area contributed by atoms with Crippen LogP contribution >= 0.6 is 23.2 Å². The minimum absolute atomic E-state index is 0.154. The van der Waals surface area contributed by atoms with Crippen molar-refractivity contribution in [1.82, 2.24) is 0 Å². The molecule has 3 aromatic carbocycles. The first-order chi connectivity index (χ1) is 15.9. The van der Waals surface area contributed by atoms with Crippen LogP contribution < -0.4 is 23.7 Å². The highest BCUT2D eigenvalue weighted by molar-refractivity contribution is 6.35. The van der Waals surface area contributed by atoms with Crippen molar-refractivity contribution in [3.63, 3.8) is 0 Å². The summed E-state index contributed by atoms with van der Waals surface area (Å²) in [5, 5.41) is 1.04. The molecule has 0 bridgehead atoms. The van der Waals surface area contributed by atoms with Gasteiger partial charge in [0.05, 0.1) is 26.9 Å². The number of benzene rings is 3. The van der Waals surface area contributed by atoms with E-state index in [1.165, 1.54) is 21.3 Å². The van der Waals surface area contributed by atoms with Crippen LogP contribution in [0, 0.1) is 0 Å². The average Bonchev–Trinajstić information content (AvgIpc) is 3.12. The molecule has 0 radical (unpaired) electrons. The first-order valence-corrected chi connectivity index (χ1v) is 10.6. The summed E-state index contributed by atoms with van der Waals surface area (Å²) in [5.41, 5.74) is 1.72. The summed E-state index contributed by atoms with van der Waals surface area (Å²) >= 11 is 12.4.